The normalized spacial score (nSPS) is 12.2. The number of anilines is 2. The van der Waals surface area contributed by atoms with Gasteiger partial charge < -0.3 is 24.8 Å². The Morgan fingerprint density at radius 3 is 2.55 bits per heavy atom. The van der Waals surface area contributed by atoms with Crippen molar-refractivity contribution < 1.29 is 23.4 Å². The number of carbonyl (C=O) groups is 1. The third-order valence-corrected chi connectivity index (χ3v) is 4.82. The maximum Gasteiger partial charge on any atom is 0.243 e. The van der Waals surface area contributed by atoms with Gasteiger partial charge in [-0.3, -0.25) is 4.79 Å². The summed E-state index contributed by atoms with van der Waals surface area (Å²) in [5.41, 5.74) is 2.03. The van der Waals surface area contributed by atoms with Gasteiger partial charge in [-0.25, -0.2) is 4.39 Å². The van der Waals surface area contributed by atoms with E-state index in [0.29, 0.717) is 47.8 Å². The van der Waals surface area contributed by atoms with E-state index < -0.39 is 0 Å². The quantitative estimate of drug-likeness (QED) is 0.545. The van der Waals surface area contributed by atoms with E-state index in [1.807, 2.05) is 18.2 Å². The van der Waals surface area contributed by atoms with Gasteiger partial charge in [-0.15, -0.1) is 0 Å². The van der Waals surface area contributed by atoms with Crippen LogP contribution in [0, 0.1) is 5.82 Å². The molecule has 8 heteroatoms. The Bertz CT molecular complexity index is 1080. The van der Waals surface area contributed by atoms with Crippen LogP contribution in [0.3, 0.4) is 0 Å². The molecule has 0 fully saturated rings. The second-order valence-corrected chi connectivity index (χ2v) is 7.23. The SMILES string of the molecule is O=C(CNc1cccc(OCc2ccc(F)cc2)c1)Nc1cc2c(cc1Cl)OCCO2. The molecule has 0 saturated heterocycles. The molecule has 0 bridgehead atoms. The van der Waals surface area contributed by atoms with Crippen LogP contribution in [0.2, 0.25) is 5.02 Å². The van der Waals surface area contributed by atoms with Crippen LogP contribution < -0.4 is 24.8 Å². The summed E-state index contributed by atoms with van der Waals surface area (Å²) in [6.07, 6.45) is 0. The highest BCUT2D eigenvalue weighted by Gasteiger charge is 2.16. The Hall–Kier alpha value is -3.45. The predicted octanol–water partition coefficient (Wildman–Crippen LogP) is 4.88. The minimum absolute atomic E-state index is 0.0339. The number of ether oxygens (including phenoxy) is 3. The second-order valence-electron chi connectivity index (χ2n) is 6.82. The summed E-state index contributed by atoms with van der Waals surface area (Å²) in [4.78, 5) is 12.4. The number of fused-ring (bicyclic) bond motifs is 1. The molecule has 6 nitrogen and oxygen atoms in total. The van der Waals surface area contributed by atoms with Gasteiger partial charge >= 0.3 is 0 Å². The maximum absolute atomic E-state index is 13.0. The lowest BCUT2D eigenvalue weighted by molar-refractivity contribution is -0.114. The number of hydrogen-bond acceptors (Lipinski definition) is 5. The molecule has 1 aliphatic rings. The molecule has 0 spiro atoms. The molecule has 3 aromatic carbocycles. The van der Waals surface area contributed by atoms with Crippen molar-refractivity contribution >= 4 is 28.9 Å². The molecule has 31 heavy (non-hydrogen) atoms. The summed E-state index contributed by atoms with van der Waals surface area (Å²) in [6.45, 7) is 1.26. The first-order valence-corrected chi connectivity index (χ1v) is 10.0. The minimum atomic E-state index is -0.286. The molecule has 2 N–H and O–H groups in total. The average Bonchev–Trinajstić information content (AvgIpc) is 2.78. The molecule has 0 aromatic heterocycles. The zero-order chi connectivity index (χ0) is 21.6. The number of rotatable bonds is 7. The van der Waals surface area contributed by atoms with Crippen LogP contribution in [0.1, 0.15) is 5.56 Å². The maximum atomic E-state index is 13.0. The highest BCUT2D eigenvalue weighted by atomic mass is 35.5. The van der Waals surface area contributed by atoms with Gasteiger partial charge in [-0.2, -0.15) is 0 Å². The van der Waals surface area contributed by atoms with Gasteiger partial charge in [-0.05, 0) is 29.8 Å². The number of halogens is 2. The zero-order valence-electron chi connectivity index (χ0n) is 16.5. The lowest BCUT2D eigenvalue weighted by Gasteiger charge is -2.20. The van der Waals surface area contributed by atoms with Crippen LogP contribution in [0.5, 0.6) is 17.2 Å². The standard InChI is InChI=1S/C23H20ClFN2O4/c24-19-11-21-22(30-9-8-29-21)12-20(19)27-23(28)13-26-17-2-1-3-18(10-17)31-14-15-4-6-16(25)7-5-15/h1-7,10-12,26H,8-9,13-14H2,(H,27,28). The monoisotopic (exact) mass is 442 g/mol. The van der Waals surface area contributed by atoms with Crippen LogP contribution >= 0.6 is 11.6 Å². The molecule has 1 aliphatic heterocycles. The van der Waals surface area contributed by atoms with E-state index in [2.05, 4.69) is 10.6 Å². The lowest BCUT2D eigenvalue weighted by atomic mass is 10.2. The first kappa shape index (κ1) is 20.8. The van der Waals surface area contributed by atoms with Gasteiger partial charge in [0.2, 0.25) is 5.91 Å². The Balaban J connectivity index is 1.31. The average molecular weight is 443 g/mol. The molecule has 0 saturated carbocycles. The van der Waals surface area contributed by atoms with Crippen LogP contribution in [0.4, 0.5) is 15.8 Å². The number of carbonyl (C=O) groups excluding carboxylic acids is 1. The van der Waals surface area contributed by atoms with Crippen molar-refractivity contribution in [3.8, 4) is 17.2 Å². The molecular formula is C23H20ClFN2O4. The number of nitrogens with one attached hydrogen (secondary N) is 2. The number of hydrogen-bond donors (Lipinski definition) is 2. The van der Waals surface area contributed by atoms with Gasteiger partial charge in [0.25, 0.3) is 0 Å². The first-order chi connectivity index (χ1) is 15.1. The smallest absolute Gasteiger partial charge is 0.243 e. The van der Waals surface area contributed by atoms with E-state index in [-0.39, 0.29) is 18.3 Å². The summed E-state index contributed by atoms with van der Waals surface area (Å²) in [6, 6.07) is 16.6. The summed E-state index contributed by atoms with van der Waals surface area (Å²) in [5.74, 6) is 1.18. The van der Waals surface area contributed by atoms with Crippen LogP contribution in [-0.4, -0.2) is 25.7 Å². The third kappa shape index (κ3) is 5.58. The fourth-order valence-corrected chi connectivity index (χ4v) is 3.18. The minimum Gasteiger partial charge on any atom is -0.489 e. The van der Waals surface area contributed by atoms with E-state index >= 15 is 0 Å². The van der Waals surface area contributed by atoms with Crippen molar-refractivity contribution in [1.29, 1.82) is 0 Å². The number of amides is 1. The Morgan fingerprint density at radius 2 is 1.77 bits per heavy atom. The van der Waals surface area contributed by atoms with Gasteiger partial charge in [-0.1, -0.05) is 29.8 Å². The fourth-order valence-electron chi connectivity index (χ4n) is 2.98. The van der Waals surface area contributed by atoms with Crippen LogP contribution in [-0.2, 0) is 11.4 Å². The van der Waals surface area contributed by atoms with Gasteiger partial charge in [0.15, 0.2) is 11.5 Å². The summed E-state index contributed by atoms with van der Waals surface area (Å²) < 4.78 is 29.7. The van der Waals surface area contributed by atoms with Gasteiger partial charge in [0.1, 0.15) is 31.4 Å². The first-order valence-electron chi connectivity index (χ1n) is 9.67. The highest BCUT2D eigenvalue weighted by molar-refractivity contribution is 6.34. The van der Waals surface area contributed by atoms with Gasteiger partial charge in [0, 0.05) is 23.9 Å². The van der Waals surface area contributed by atoms with E-state index in [0.717, 1.165) is 11.3 Å². The van der Waals surface area contributed by atoms with Crippen molar-refractivity contribution in [2.45, 2.75) is 6.61 Å². The van der Waals surface area contributed by atoms with Crippen molar-refractivity contribution in [3.05, 3.63) is 77.1 Å². The topological polar surface area (TPSA) is 68.8 Å². The molecule has 1 amide bonds. The van der Waals surface area contributed by atoms with Crippen molar-refractivity contribution in [1.82, 2.24) is 0 Å². The molecule has 160 valence electrons. The summed E-state index contributed by atoms with van der Waals surface area (Å²) >= 11 is 6.23. The molecule has 0 aliphatic carbocycles. The van der Waals surface area contributed by atoms with Crippen LogP contribution in [0.15, 0.2) is 60.7 Å². The van der Waals surface area contributed by atoms with E-state index in [1.165, 1.54) is 12.1 Å². The lowest BCUT2D eigenvalue weighted by Crippen LogP contribution is -2.22. The zero-order valence-corrected chi connectivity index (χ0v) is 17.2. The van der Waals surface area contributed by atoms with Crippen molar-refractivity contribution in [2.24, 2.45) is 0 Å². The van der Waals surface area contributed by atoms with Gasteiger partial charge in [0.05, 0.1) is 17.3 Å². The highest BCUT2D eigenvalue weighted by Crippen LogP contribution is 2.37. The Labute approximate surface area is 183 Å². The molecular weight excluding hydrogens is 423 g/mol. The predicted molar refractivity (Wildman–Crippen MR) is 117 cm³/mol. The Morgan fingerprint density at radius 1 is 1.03 bits per heavy atom. The van der Waals surface area contributed by atoms with Crippen LogP contribution in [0.25, 0.3) is 0 Å². The molecule has 3 aromatic rings. The summed E-state index contributed by atoms with van der Waals surface area (Å²) in [7, 11) is 0. The van der Waals surface area contributed by atoms with E-state index in [4.69, 9.17) is 25.8 Å². The van der Waals surface area contributed by atoms with E-state index in [9.17, 15) is 9.18 Å². The number of benzene rings is 3. The molecule has 0 atom stereocenters. The van der Waals surface area contributed by atoms with Crippen molar-refractivity contribution in [3.63, 3.8) is 0 Å². The second kappa shape index (κ2) is 9.57. The molecule has 0 radical (unpaired) electrons. The fraction of sp³-hybridized carbons (Fsp3) is 0.174. The van der Waals surface area contributed by atoms with E-state index in [1.54, 1.807) is 30.3 Å². The molecule has 0 unspecified atom stereocenters. The van der Waals surface area contributed by atoms with Crippen molar-refractivity contribution in [2.75, 3.05) is 30.4 Å². The molecule has 4 rings (SSSR count). The molecule has 1 heterocycles. The third-order valence-electron chi connectivity index (χ3n) is 4.51. The summed E-state index contributed by atoms with van der Waals surface area (Å²) in [5, 5.41) is 6.19. The Kier molecular flexibility index (Phi) is 6.43. The largest absolute Gasteiger partial charge is 0.489 e.